The lowest BCUT2D eigenvalue weighted by Gasteiger charge is -2.18. The number of hydrogen-bond acceptors (Lipinski definition) is 5. The number of nitrogens with two attached hydrogens (primary N) is 1. The Bertz CT molecular complexity index is 450. The molecule has 1 unspecified atom stereocenters. The fraction of sp³-hybridized carbons (Fsp3) is 0.500. The minimum absolute atomic E-state index is 0.0913. The van der Waals surface area contributed by atoms with Gasteiger partial charge in [0.2, 0.25) is 0 Å². The molecule has 0 spiro atoms. The van der Waals surface area contributed by atoms with Gasteiger partial charge in [-0.3, -0.25) is 15.6 Å². The SMILES string of the molecule is Cc1cc(NN)c(C(=O)N2CCC(CO)C2)cn1. The van der Waals surface area contributed by atoms with Crippen molar-refractivity contribution in [3.05, 3.63) is 23.5 Å². The third-order valence-corrected chi connectivity index (χ3v) is 3.26. The van der Waals surface area contributed by atoms with Crippen LogP contribution in [0.25, 0.3) is 0 Å². The molecule has 6 heteroatoms. The molecule has 0 saturated carbocycles. The number of aryl methyl sites for hydroxylation is 1. The predicted molar refractivity (Wildman–Crippen MR) is 67.9 cm³/mol. The average Bonchev–Trinajstić information content (AvgIpc) is 2.86. The van der Waals surface area contributed by atoms with Gasteiger partial charge >= 0.3 is 0 Å². The van der Waals surface area contributed by atoms with Crippen molar-refractivity contribution in [2.24, 2.45) is 11.8 Å². The van der Waals surface area contributed by atoms with E-state index in [2.05, 4.69) is 10.4 Å². The minimum atomic E-state index is -0.0913. The Morgan fingerprint density at radius 3 is 3.11 bits per heavy atom. The Labute approximate surface area is 106 Å². The molecule has 1 aliphatic heterocycles. The van der Waals surface area contributed by atoms with Gasteiger partial charge in [0.05, 0.1) is 11.3 Å². The molecule has 1 atom stereocenters. The number of aliphatic hydroxyl groups is 1. The van der Waals surface area contributed by atoms with Gasteiger partial charge in [0.25, 0.3) is 5.91 Å². The summed E-state index contributed by atoms with van der Waals surface area (Å²) in [6.45, 7) is 3.22. The third-order valence-electron chi connectivity index (χ3n) is 3.26. The molecule has 2 heterocycles. The number of pyridine rings is 1. The average molecular weight is 250 g/mol. The second-order valence-electron chi connectivity index (χ2n) is 4.60. The summed E-state index contributed by atoms with van der Waals surface area (Å²) < 4.78 is 0. The number of nitrogens with one attached hydrogen (secondary N) is 1. The molecule has 0 radical (unpaired) electrons. The zero-order valence-corrected chi connectivity index (χ0v) is 10.4. The highest BCUT2D eigenvalue weighted by Gasteiger charge is 2.27. The molecule has 1 fully saturated rings. The molecule has 1 saturated heterocycles. The van der Waals surface area contributed by atoms with E-state index >= 15 is 0 Å². The zero-order chi connectivity index (χ0) is 13.1. The second-order valence-corrected chi connectivity index (χ2v) is 4.60. The van der Waals surface area contributed by atoms with E-state index in [1.807, 2.05) is 6.92 Å². The molecule has 4 N–H and O–H groups in total. The number of nitrogen functional groups attached to an aromatic ring is 1. The van der Waals surface area contributed by atoms with Crippen LogP contribution in [0.3, 0.4) is 0 Å². The predicted octanol–water partition coefficient (Wildman–Crippen LogP) is 0.130. The van der Waals surface area contributed by atoms with Crippen LogP contribution in [-0.4, -0.2) is 40.6 Å². The lowest BCUT2D eigenvalue weighted by molar-refractivity contribution is 0.0782. The Hall–Kier alpha value is -1.66. The van der Waals surface area contributed by atoms with Gasteiger partial charge in [0.15, 0.2) is 0 Å². The van der Waals surface area contributed by atoms with Crippen molar-refractivity contribution in [2.75, 3.05) is 25.1 Å². The maximum absolute atomic E-state index is 12.3. The van der Waals surface area contributed by atoms with E-state index in [-0.39, 0.29) is 18.4 Å². The van der Waals surface area contributed by atoms with E-state index in [1.165, 1.54) is 0 Å². The Balaban J connectivity index is 2.19. The summed E-state index contributed by atoms with van der Waals surface area (Å²) in [6.07, 6.45) is 2.38. The molecule has 1 aromatic heterocycles. The molecule has 0 aliphatic carbocycles. The number of nitrogens with zero attached hydrogens (tertiary/aromatic N) is 2. The summed E-state index contributed by atoms with van der Waals surface area (Å²) in [5, 5.41) is 9.09. The standard InChI is InChI=1S/C12H18N4O2/c1-8-4-11(15-13)10(5-14-8)12(18)16-3-2-9(6-16)7-17/h4-5,9,17H,2-3,6-7,13H2,1H3,(H,14,15). The number of hydrogen-bond donors (Lipinski definition) is 3. The van der Waals surface area contributed by atoms with Crippen molar-refractivity contribution < 1.29 is 9.90 Å². The lowest BCUT2D eigenvalue weighted by atomic mass is 10.1. The van der Waals surface area contributed by atoms with Gasteiger partial charge in [0.1, 0.15) is 0 Å². The fourth-order valence-corrected chi connectivity index (χ4v) is 2.19. The lowest BCUT2D eigenvalue weighted by Crippen LogP contribution is -2.30. The van der Waals surface area contributed by atoms with Gasteiger partial charge in [-0.2, -0.15) is 0 Å². The minimum Gasteiger partial charge on any atom is -0.396 e. The molecule has 6 nitrogen and oxygen atoms in total. The first-order valence-corrected chi connectivity index (χ1v) is 5.99. The van der Waals surface area contributed by atoms with Crippen molar-refractivity contribution in [3.8, 4) is 0 Å². The van der Waals surface area contributed by atoms with Gasteiger partial charge in [-0.1, -0.05) is 0 Å². The quantitative estimate of drug-likeness (QED) is 0.524. The number of aliphatic hydroxyl groups excluding tert-OH is 1. The molecule has 1 amide bonds. The van der Waals surface area contributed by atoms with E-state index < -0.39 is 0 Å². The normalized spacial score (nSPS) is 19.1. The fourth-order valence-electron chi connectivity index (χ4n) is 2.19. The third kappa shape index (κ3) is 2.44. The molecule has 18 heavy (non-hydrogen) atoms. The summed E-state index contributed by atoms with van der Waals surface area (Å²) in [7, 11) is 0. The zero-order valence-electron chi connectivity index (χ0n) is 10.4. The van der Waals surface area contributed by atoms with E-state index in [0.717, 1.165) is 12.1 Å². The van der Waals surface area contributed by atoms with Gasteiger partial charge in [-0.05, 0) is 19.4 Å². The second kappa shape index (κ2) is 5.32. The van der Waals surface area contributed by atoms with Crippen LogP contribution in [0, 0.1) is 12.8 Å². The molecule has 0 bridgehead atoms. The summed E-state index contributed by atoms with van der Waals surface area (Å²) in [5.41, 5.74) is 4.39. The van der Waals surface area contributed by atoms with Crippen molar-refractivity contribution in [2.45, 2.75) is 13.3 Å². The van der Waals surface area contributed by atoms with Crippen molar-refractivity contribution in [1.29, 1.82) is 0 Å². The van der Waals surface area contributed by atoms with Gasteiger partial charge in [-0.15, -0.1) is 0 Å². The molecule has 98 valence electrons. The van der Waals surface area contributed by atoms with Crippen LogP contribution in [0.2, 0.25) is 0 Å². The highest BCUT2D eigenvalue weighted by molar-refractivity contribution is 5.99. The Kier molecular flexibility index (Phi) is 3.78. The highest BCUT2D eigenvalue weighted by atomic mass is 16.3. The molecule has 1 aliphatic rings. The smallest absolute Gasteiger partial charge is 0.257 e. The van der Waals surface area contributed by atoms with Gasteiger partial charge in [-0.25, -0.2) is 0 Å². The molecule has 0 aromatic carbocycles. The van der Waals surface area contributed by atoms with E-state index in [4.69, 9.17) is 10.9 Å². The molecular formula is C12H18N4O2. The topological polar surface area (TPSA) is 91.5 Å². The first-order valence-electron chi connectivity index (χ1n) is 5.99. The summed E-state index contributed by atoms with van der Waals surface area (Å²) in [4.78, 5) is 18.2. The van der Waals surface area contributed by atoms with Crippen molar-refractivity contribution in [3.63, 3.8) is 0 Å². The van der Waals surface area contributed by atoms with Crippen LogP contribution in [0.5, 0.6) is 0 Å². The number of amides is 1. The largest absolute Gasteiger partial charge is 0.396 e. The number of anilines is 1. The molecule has 2 rings (SSSR count). The molecule has 1 aromatic rings. The maximum Gasteiger partial charge on any atom is 0.257 e. The van der Waals surface area contributed by atoms with Crippen LogP contribution in [-0.2, 0) is 0 Å². The van der Waals surface area contributed by atoms with E-state index in [1.54, 1.807) is 17.2 Å². The Morgan fingerprint density at radius 2 is 2.50 bits per heavy atom. The summed E-state index contributed by atoms with van der Waals surface area (Å²) in [5.74, 6) is 5.51. The summed E-state index contributed by atoms with van der Waals surface area (Å²) in [6, 6.07) is 1.74. The van der Waals surface area contributed by atoms with Gasteiger partial charge < -0.3 is 15.4 Å². The van der Waals surface area contributed by atoms with E-state index in [9.17, 15) is 4.79 Å². The number of carbonyl (C=O) groups is 1. The number of aromatic nitrogens is 1. The first kappa shape index (κ1) is 12.8. The van der Waals surface area contributed by atoms with E-state index in [0.29, 0.717) is 24.3 Å². The van der Waals surface area contributed by atoms with Crippen LogP contribution in [0.1, 0.15) is 22.5 Å². The van der Waals surface area contributed by atoms with Crippen LogP contribution < -0.4 is 11.3 Å². The molecular weight excluding hydrogens is 232 g/mol. The first-order chi connectivity index (χ1) is 8.65. The van der Waals surface area contributed by atoms with Crippen LogP contribution >= 0.6 is 0 Å². The van der Waals surface area contributed by atoms with Crippen molar-refractivity contribution >= 4 is 11.6 Å². The number of rotatable bonds is 3. The number of hydrazine groups is 1. The monoisotopic (exact) mass is 250 g/mol. The van der Waals surface area contributed by atoms with Crippen LogP contribution in [0.15, 0.2) is 12.3 Å². The van der Waals surface area contributed by atoms with Gasteiger partial charge in [0, 0.05) is 37.5 Å². The maximum atomic E-state index is 12.3. The number of carbonyl (C=O) groups excluding carboxylic acids is 1. The Morgan fingerprint density at radius 1 is 1.72 bits per heavy atom. The van der Waals surface area contributed by atoms with Crippen molar-refractivity contribution in [1.82, 2.24) is 9.88 Å². The number of likely N-dealkylation sites (tertiary alicyclic amines) is 1. The highest BCUT2D eigenvalue weighted by Crippen LogP contribution is 2.22. The summed E-state index contributed by atoms with van der Waals surface area (Å²) >= 11 is 0. The van der Waals surface area contributed by atoms with Crippen LogP contribution in [0.4, 0.5) is 5.69 Å².